The maximum Gasteiger partial charge on any atom is 0.152 e. The van der Waals surface area contributed by atoms with Crippen LogP contribution in [0.1, 0.15) is 37.6 Å². The van der Waals surface area contributed by atoms with E-state index in [4.69, 9.17) is 0 Å². The molecular formula is C14H24N4O2S. The number of aromatic nitrogens is 2. The van der Waals surface area contributed by atoms with Crippen LogP contribution in [0.5, 0.6) is 0 Å². The first-order valence-electron chi connectivity index (χ1n) is 7.47. The smallest absolute Gasteiger partial charge is 0.152 e. The Labute approximate surface area is 126 Å². The Kier molecular flexibility index (Phi) is 5.03. The van der Waals surface area contributed by atoms with Gasteiger partial charge in [-0.15, -0.1) is 0 Å². The van der Waals surface area contributed by atoms with E-state index in [1.54, 1.807) is 0 Å². The van der Waals surface area contributed by atoms with Crippen LogP contribution in [0.2, 0.25) is 0 Å². The van der Waals surface area contributed by atoms with E-state index in [2.05, 4.69) is 27.5 Å². The molecule has 2 heterocycles. The Morgan fingerprint density at radius 1 is 1.29 bits per heavy atom. The highest BCUT2D eigenvalue weighted by atomic mass is 32.2. The second kappa shape index (κ2) is 6.60. The summed E-state index contributed by atoms with van der Waals surface area (Å²) in [7, 11) is -1.09. The van der Waals surface area contributed by atoms with Gasteiger partial charge in [-0.2, -0.15) is 0 Å². The van der Waals surface area contributed by atoms with Gasteiger partial charge >= 0.3 is 0 Å². The van der Waals surface area contributed by atoms with Crippen molar-refractivity contribution in [2.45, 2.75) is 45.6 Å². The number of anilines is 2. The predicted molar refractivity (Wildman–Crippen MR) is 85.6 cm³/mol. The number of hydrogen-bond donors (Lipinski definition) is 2. The molecule has 0 aliphatic carbocycles. The third-order valence-electron chi connectivity index (χ3n) is 3.71. The summed E-state index contributed by atoms with van der Waals surface area (Å²) >= 11 is 0. The zero-order valence-electron chi connectivity index (χ0n) is 12.9. The van der Waals surface area contributed by atoms with Crippen LogP contribution < -0.4 is 10.6 Å². The van der Waals surface area contributed by atoms with Crippen molar-refractivity contribution < 1.29 is 8.42 Å². The summed E-state index contributed by atoms with van der Waals surface area (Å²) in [6.45, 7) is 4.03. The molecule has 0 spiro atoms. The van der Waals surface area contributed by atoms with Crippen molar-refractivity contribution in [2.24, 2.45) is 0 Å². The van der Waals surface area contributed by atoms with Gasteiger partial charge in [0.05, 0.1) is 11.5 Å². The van der Waals surface area contributed by atoms with Crippen LogP contribution in [0.3, 0.4) is 0 Å². The molecule has 2 rings (SSSR count). The van der Waals surface area contributed by atoms with Gasteiger partial charge in [0.2, 0.25) is 0 Å². The zero-order chi connectivity index (χ0) is 15.5. The van der Waals surface area contributed by atoms with Crippen LogP contribution in [0.15, 0.2) is 0 Å². The maximum atomic E-state index is 11.7. The average Bonchev–Trinajstić information content (AvgIpc) is 2.41. The summed E-state index contributed by atoms with van der Waals surface area (Å²) in [5, 5.41) is 6.39. The van der Waals surface area contributed by atoms with Gasteiger partial charge < -0.3 is 10.6 Å². The Hall–Kier alpha value is -1.37. The molecule has 1 saturated heterocycles. The Morgan fingerprint density at radius 2 is 2.00 bits per heavy atom. The lowest BCUT2D eigenvalue weighted by Gasteiger charge is -2.25. The van der Waals surface area contributed by atoms with Gasteiger partial charge in [0.25, 0.3) is 0 Å². The highest BCUT2D eigenvalue weighted by Gasteiger charge is 2.25. The van der Waals surface area contributed by atoms with Crippen molar-refractivity contribution in [1.29, 1.82) is 0 Å². The summed E-state index contributed by atoms with van der Waals surface area (Å²) in [5.41, 5.74) is 0.931. The monoisotopic (exact) mass is 312 g/mol. The lowest BCUT2D eigenvalue weighted by Crippen LogP contribution is -2.35. The lowest BCUT2D eigenvalue weighted by molar-refractivity contribution is 0.561. The van der Waals surface area contributed by atoms with Crippen molar-refractivity contribution in [3.63, 3.8) is 0 Å². The molecule has 1 aliphatic rings. The van der Waals surface area contributed by atoms with Crippen molar-refractivity contribution in [2.75, 3.05) is 29.2 Å². The van der Waals surface area contributed by atoms with Crippen LogP contribution in [0.4, 0.5) is 11.6 Å². The summed E-state index contributed by atoms with van der Waals surface area (Å²) in [6, 6.07) is -0.0588. The van der Waals surface area contributed by atoms with Crippen LogP contribution in [0, 0.1) is 6.92 Å². The third-order valence-corrected chi connectivity index (χ3v) is 5.53. The molecule has 1 atom stereocenters. The maximum absolute atomic E-state index is 11.7. The molecule has 1 unspecified atom stereocenters. The van der Waals surface area contributed by atoms with Gasteiger partial charge in [0.1, 0.15) is 17.5 Å². The minimum atomic E-state index is -2.92. The molecule has 1 fully saturated rings. The van der Waals surface area contributed by atoms with Gasteiger partial charge in [-0.3, -0.25) is 0 Å². The van der Waals surface area contributed by atoms with Crippen molar-refractivity contribution >= 4 is 21.5 Å². The quantitative estimate of drug-likeness (QED) is 0.862. The Morgan fingerprint density at radius 3 is 2.62 bits per heavy atom. The van der Waals surface area contributed by atoms with E-state index in [1.165, 1.54) is 0 Å². The van der Waals surface area contributed by atoms with E-state index in [9.17, 15) is 8.42 Å². The third kappa shape index (κ3) is 4.06. The largest absolute Gasteiger partial charge is 0.373 e. The number of hydrogen-bond acceptors (Lipinski definition) is 6. The van der Waals surface area contributed by atoms with Crippen molar-refractivity contribution in [3.05, 3.63) is 11.4 Å². The van der Waals surface area contributed by atoms with Gasteiger partial charge in [0.15, 0.2) is 9.84 Å². The van der Waals surface area contributed by atoms with Gasteiger partial charge in [-0.05, 0) is 26.2 Å². The summed E-state index contributed by atoms with van der Waals surface area (Å²) < 4.78 is 23.5. The van der Waals surface area contributed by atoms with E-state index < -0.39 is 9.84 Å². The van der Waals surface area contributed by atoms with Crippen LogP contribution in [-0.4, -0.2) is 43.0 Å². The molecule has 21 heavy (non-hydrogen) atoms. The van der Waals surface area contributed by atoms with Crippen LogP contribution in [0.25, 0.3) is 0 Å². The molecule has 0 amide bonds. The number of sulfone groups is 1. The first-order valence-corrected chi connectivity index (χ1v) is 9.29. The molecular weight excluding hydrogens is 288 g/mol. The number of nitrogens with one attached hydrogen (secondary N) is 2. The average molecular weight is 312 g/mol. The van der Waals surface area contributed by atoms with Gasteiger partial charge in [-0.1, -0.05) is 6.92 Å². The molecule has 118 valence electrons. The first-order chi connectivity index (χ1) is 9.95. The summed E-state index contributed by atoms with van der Waals surface area (Å²) in [4.78, 5) is 9.04. The second-order valence-electron chi connectivity index (χ2n) is 5.56. The van der Waals surface area contributed by atoms with E-state index in [-0.39, 0.29) is 11.8 Å². The van der Waals surface area contributed by atoms with E-state index in [0.29, 0.717) is 12.2 Å². The summed E-state index contributed by atoms with van der Waals surface area (Å²) in [6.07, 6.45) is 3.36. The highest BCUT2D eigenvalue weighted by Crippen LogP contribution is 2.23. The number of aryl methyl sites for hydroxylation is 1. The summed E-state index contributed by atoms with van der Waals surface area (Å²) in [5.74, 6) is 2.83. The molecule has 0 radical (unpaired) electrons. The fraction of sp³-hybridized carbons (Fsp3) is 0.714. The molecule has 0 bridgehead atoms. The predicted octanol–water partition coefficient (Wildman–Crippen LogP) is 1.77. The van der Waals surface area contributed by atoms with E-state index in [1.807, 2.05) is 14.0 Å². The molecule has 0 aromatic carbocycles. The van der Waals surface area contributed by atoms with E-state index >= 15 is 0 Å². The topological polar surface area (TPSA) is 84.0 Å². The fourth-order valence-electron chi connectivity index (χ4n) is 2.61. The molecule has 6 nitrogen and oxygen atoms in total. The molecule has 1 aromatic heterocycles. The number of nitrogens with zero attached hydrogens (tertiary/aromatic N) is 2. The molecule has 1 aliphatic heterocycles. The lowest BCUT2D eigenvalue weighted by atomic mass is 10.1. The minimum absolute atomic E-state index is 0.0588. The first kappa shape index (κ1) is 16.0. The standard InChI is InChI=1S/C14H24N4O2S/c1-4-6-12-17-13(15-3)10(2)14(18-12)16-11-7-5-8-21(19,20)9-11/h11H,4-9H2,1-3H3,(H2,15,16,17,18). The van der Waals surface area contributed by atoms with Crippen LogP contribution in [-0.2, 0) is 16.3 Å². The van der Waals surface area contributed by atoms with Gasteiger partial charge in [0, 0.05) is 25.1 Å². The van der Waals surface area contributed by atoms with Crippen molar-refractivity contribution in [3.8, 4) is 0 Å². The zero-order valence-corrected chi connectivity index (χ0v) is 13.8. The highest BCUT2D eigenvalue weighted by molar-refractivity contribution is 7.91. The molecule has 0 saturated carbocycles. The van der Waals surface area contributed by atoms with Crippen LogP contribution >= 0.6 is 0 Å². The van der Waals surface area contributed by atoms with Gasteiger partial charge in [-0.25, -0.2) is 18.4 Å². The second-order valence-corrected chi connectivity index (χ2v) is 7.79. The SMILES string of the molecule is CCCc1nc(NC)c(C)c(NC2CCCS(=O)(=O)C2)n1. The molecule has 1 aromatic rings. The van der Waals surface area contributed by atoms with Crippen molar-refractivity contribution in [1.82, 2.24) is 9.97 Å². The minimum Gasteiger partial charge on any atom is -0.373 e. The molecule has 2 N–H and O–H groups in total. The molecule has 7 heteroatoms. The Balaban J connectivity index is 2.23. The van der Waals surface area contributed by atoms with E-state index in [0.717, 1.165) is 42.3 Å². The fourth-order valence-corrected chi connectivity index (χ4v) is 4.25. The number of rotatable bonds is 5. The normalized spacial score (nSPS) is 21.0. The Bertz CT molecular complexity index is 601.